The highest BCUT2D eigenvalue weighted by atomic mass is 32.1. The number of aryl methyl sites for hydroxylation is 1. The second kappa shape index (κ2) is 6.91. The van der Waals surface area contributed by atoms with Gasteiger partial charge in [-0.25, -0.2) is 15.0 Å². The van der Waals surface area contributed by atoms with Gasteiger partial charge < -0.3 is 14.4 Å². The lowest BCUT2D eigenvalue weighted by molar-refractivity contribution is 0.0378. The quantitative estimate of drug-likeness (QED) is 0.679. The van der Waals surface area contributed by atoms with Crippen molar-refractivity contribution in [1.82, 2.24) is 15.0 Å². The van der Waals surface area contributed by atoms with Crippen LogP contribution in [0.2, 0.25) is 0 Å². The van der Waals surface area contributed by atoms with E-state index in [1.165, 1.54) is 5.56 Å². The third-order valence-electron chi connectivity index (χ3n) is 3.41. The largest absolute Gasteiger partial charge is 0.324 e. The van der Waals surface area contributed by atoms with Crippen LogP contribution in [0.5, 0.6) is 0 Å². The lowest BCUT2D eigenvalue weighted by Gasteiger charge is -2.25. The van der Waals surface area contributed by atoms with Crippen LogP contribution in [0, 0.1) is 6.92 Å². The highest BCUT2D eigenvalue weighted by Crippen LogP contribution is 2.49. The second-order valence-electron chi connectivity index (χ2n) is 5.23. The van der Waals surface area contributed by atoms with Crippen molar-refractivity contribution in [2.24, 2.45) is 0 Å². The van der Waals surface area contributed by atoms with Gasteiger partial charge in [-0.15, -0.1) is 11.3 Å². The van der Waals surface area contributed by atoms with Gasteiger partial charge in [0.1, 0.15) is 10.7 Å². The van der Waals surface area contributed by atoms with E-state index in [9.17, 15) is 0 Å². The minimum Gasteiger partial charge on any atom is -0.324 e. The number of benzene rings is 1. The Morgan fingerprint density at radius 1 is 1.17 bits per heavy atom. The fraction of sp³-hybridized carbons (Fsp3) is 0.188. The normalized spacial score (nSPS) is 14.4. The van der Waals surface area contributed by atoms with E-state index in [4.69, 9.17) is 9.05 Å². The SMILES string of the molecule is Cc1cnc(-c2ccnc(Nc3ccc(CP4OCO4)cc3)n2)s1. The Bertz CT molecular complexity index is 836. The summed E-state index contributed by atoms with van der Waals surface area (Å²) in [6.45, 7) is 2.46. The van der Waals surface area contributed by atoms with Gasteiger partial charge in [-0.05, 0) is 30.7 Å². The van der Waals surface area contributed by atoms with Crippen molar-refractivity contribution in [1.29, 1.82) is 0 Å². The summed E-state index contributed by atoms with van der Waals surface area (Å²) >= 11 is 1.62. The van der Waals surface area contributed by atoms with Gasteiger partial charge >= 0.3 is 0 Å². The first kappa shape index (κ1) is 15.6. The van der Waals surface area contributed by atoms with Crippen LogP contribution in [0.15, 0.2) is 42.7 Å². The van der Waals surface area contributed by atoms with E-state index in [0.29, 0.717) is 12.7 Å². The zero-order chi connectivity index (χ0) is 16.4. The van der Waals surface area contributed by atoms with E-state index >= 15 is 0 Å². The molecule has 0 saturated carbocycles. The number of nitrogens with one attached hydrogen (secondary N) is 1. The first-order chi connectivity index (χ1) is 11.8. The summed E-state index contributed by atoms with van der Waals surface area (Å²) in [6, 6.07) is 10.0. The molecule has 0 amide bonds. The predicted molar refractivity (Wildman–Crippen MR) is 95.3 cm³/mol. The van der Waals surface area contributed by atoms with Gasteiger partial charge in [-0.1, -0.05) is 12.1 Å². The monoisotopic (exact) mass is 358 g/mol. The molecular formula is C16H15N4O2PS. The van der Waals surface area contributed by atoms with Crippen LogP contribution >= 0.6 is 19.7 Å². The van der Waals surface area contributed by atoms with Crippen LogP contribution in [-0.4, -0.2) is 21.7 Å². The van der Waals surface area contributed by atoms with Crippen LogP contribution < -0.4 is 5.32 Å². The number of nitrogens with zero attached hydrogens (tertiary/aromatic N) is 3. The maximum absolute atomic E-state index is 5.32. The Balaban J connectivity index is 1.46. The van der Waals surface area contributed by atoms with Crippen LogP contribution in [0.3, 0.4) is 0 Å². The number of hydrogen-bond acceptors (Lipinski definition) is 7. The molecule has 0 aliphatic carbocycles. The molecule has 0 atom stereocenters. The first-order valence-electron chi connectivity index (χ1n) is 7.41. The minimum atomic E-state index is -0.711. The molecule has 122 valence electrons. The molecule has 1 saturated heterocycles. The minimum absolute atomic E-state index is 0.428. The maximum atomic E-state index is 5.32. The summed E-state index contributed by atoms with van der Waals surface area (Å²) in [5.74, 6) is 0.558. The van der Waals surface area contributed by atoms with Gasteiger partial charge in [0, 0.05) is 29.1 Å². The molecule has 0 bridgehead atoms. The van der Waals surface area contributed by atoms with E-state index in [0.717, 1.165) is 27.4 Å². The molecule has 1 N–H and O–H groups in total. The number of aromatic nitrogens is 3. The Morgan fingerprint density at radius 2 is 2.00 bits per heavy atom. The molecule has 4 rings (SSSR count). The topological polar surface area (TPSA) is 69.2 Å². The fourth-order valence-corrected chi connectivity index (χ4v) is 3.88. The van der Waals surface area contributed by atoms with Gasteiger partial charge in [-0.2, -0.15) is 0 Å². The predicted octanol–water partition coefficient (Wildman–Crippen LogP) is 4.47. The Morgan fingerprint density at radius 3 is 2.67 bits per heavy atom. The molecule has 0 radical (unpaired) electrons. The fourth-order valence-electron chi connectivity index (χ4n) is 2.20. The second-order valence-corrected chi connectivity index (χ2v) is 7.96. The van der Waals surface area contributed by atoms with Crippen LogP contribution in [0.4, 0.5) is 11.6 Å². The summed E-state index contributed by atoms with van der Waals surface area (Å²) < 4.78 is 10.6. The Hall–Kier alpha value is -1.92. The summed E-state index contributed by atoms with van der Waals surface area (Å²) in [4.78, 5) is 14.3. The highest BCUT2D eigenvalue weighted by molar-refractivity contribution is 7.47. The molecule has 1 fully saturated rings. The molecule has 1 aromatic carbocycles. The summed E-state index contributed by atoms with van der Waals surface area (Å²) in [5, 5.41) is 4.13. The summed E-state index contributed by atoms with van der Waals surface area (Å²) in [6.07, 6.45) is 4.42. The van der Waals surface area contributed by atoms with E-state index in [2.05, 4.69) is 32.4 Å². The van der Waals surface area contributed by atoms with Crippen LogP contribution in [0.1, 0.15) is 10.4 Å². The molecule has 0 unspecified atom stereocenters. The van der Waals surface area contributed by atoms with Crippen molar-refractivity contribution in [2.45, 2.75) is 13.1 Å². The zero-order valence-corrected chi connectivity index (χ0v) is 14.7. The number of anilines is 2. The van der Waals surface area contributed by atoms with Gasteiger partial charge in [0.05, 0.1) is 0 Å². The summed E-state index contributed by atoms with van der Waals surface area (Å²) in [7, 11) is -0.711. The van der Waals surface area contributed by atoms with Crippen molar-refractivity contribution in [3.05, 3.63) is 53.2 Å². The number of rotatable bonds is 5. The number of thiazole rings is 1. The van der Waals surface area contributed by atoms with Crippen molar-refractivity contribution in [3.63, 3.8) is 0 Å². The van der Waals surface area contributed by atoms with Gasteiger partial charge in [-0.3, -0.25) is 0 Å². The van der Waals surface area contributed by atoms with Crippen LogP contribution in [0.25, 0.3) is 10.7 Å². The van der Waals surface area contributed by atoms with Crippen molar-refractivity contribution >= 4 is 31.3 Å². The molecule has 6 nitrogen and oxygen atoms in total. The molecule has 2 aromatic heterocycles. The van der Waals surface area contributed by atoms with E-state index < -0.39 is 8.38 Å². The molecule has 8 heteroatoms. The number of hydrogen-bond donors (Lipinski definition) is 1. The molecular weight excluding hydrogens is 343 g/mol. The smallest absolute Gasteiger partial charge is 0.227 e. The third kappa shape index (κ3) is 3.60. The first-order valence-corrected chi connectivity index (χ1v) is 9.59. The third-order valence-corrected chi connectivity index (χ3v) is 5.76. The van der Waals surface area contributed by atoms with Gasteiger partial charge in [0.25, 0.3) is 0 Å². The van der Waals surface area contributed by atoms with Crippen LogP contribution in [-0.2, 0) is 15.2 Å². The van der Waals surface area contributed by atoms with E-state index in [1.807, 2.05) is 31.3 Å². The molecule has 0 spiro atoms. The standard InChI is InChI=1S/C16H15N4O2PS/c1-11-8-18-15(24-11)14-6-7-17-16(20-14)19-13-4-2-12(3-5-13)9-23-21-10-22-23/h2-8H,9-10H2,1H3,(H,17,19,20). The maximum Gasteiger partial charge on any atom is 0.227 e. The average Bonchev–Trinajstić information content (AvgIpc) is 2.99. The molecule has 24 heavy (non-hydrogen) atoms. The lowest BCUT2D eigenvalue weighted by Crippen LogP contribution is -2.07. The molecule has 3 heterocycles. The van der Waals surface area contributed by atoms with Crippen molar-refractivity contribution in [2.75, 3.05) is 12.1 Å². The van der Waals surface area contributed by atoms with E-state index in [1.54, 1.807) is 17.5 Å². The average molecular weight is 358 g/mol. The van der Waals surface area contributed by atoms with Crippen molar-refractivity contribution in [3.8, 4) is 10.7 Å². The molecule has 3 aromatic rings. The van der Waals surface area contributed by atoms with Crippen molar-refractivity contribution < 1.29 is 9.05 Å². The molecule has 1 aliphatic rings. The van der Waals surface area contributed by atoms with Gasteiger partial charge in [0.2, 0.25) is 5.95 Å². The Labute approximate surface area is 144 Å². The van der Waals surface area contributed by atoms with Gasteiger partial charge in [0.15, 0.2) is 15.2 Å². The van der Waals surface area contributed by atoms with E-state index in [-0.39, 0.29) is 0 Å². The molecule has 1 aliphatic heterocycles. The highest BCUT2D eigenvalue weighted by Gasteiger charge is 2.19. The Kier molecular flexibility index (Phi) is 4.49. The lowest BCUT2D eigenvalue weighted by atomic mass is 10.2. The zero-order valence-electron chi connectivity index (χ0n) is 13.0. The summed E-state index contributed by atoms with van der Waals surface area (Å²) in [5.41, 5.74) is 2.96.